The summed E-state index contributed by atoms with van der Waals surface area (Å²) >= 11 is 1.72. The van der Waals surface area contributed by atoms with E-state index in [1.807, 2.05) is 41.3 Å². The minimum absolute atomic E-state index is 0.0366. The molecular formula is C28H30FN3O3S. The van der Waals surface area contributed by atoms with Crippen molar-refractivity contribution in [1.82, 2.24) is 14.7 Å². The molecule has 2 aromatic carbocycles. The van der Waals surface area contributed by atoms with Crippen LogP contribution in [-0.4, -0.2) is 72.4 Å². The van der Waals surface area contributed by atoms with Gasteiger partial charge in [0.2, 0.25) is 11.8 Å². The number of hydrogen-bond donors (Lipinski definition) is 0. The third kappa shape index (κ3) is 5.67. The number of carbonyl (C=O) groups is 2. The summed E-state index contributed by atoms with van der Waals surface area (Å²) in [7, 11) is 0. The molecule has 1 aromatic heterocycles. The second-order valence-electron chi connectivity index (χ2n) is 9.22. The summed E-state index contributed by atoms with van der Waals surface area (Å²) in [5.41, 5.74) is 3.06. The topological polar surface area (TPSA) is 53.1 Å². The van der Waals surface area contributed by atoms with Crippen LogP contribution < -0.4 is 0 Å². The lowest BCUT2D eigenvalue weighted by Gasteiger charge is -2.39. The summed E-state index contributed by atoms with van der Waals surface area (Å²) in [6.45, 7) is 3.47. The molecule has 3 aromatic rings. The van der Waals surface area contributed by atoms with Gasteiger partial charge in [0.05, 0.1) is 19.2 Å². The molecule has 2 aliphatic rings. The van der Waals surface area contributed by atoms with Crippen molar-refractivity contribution >= 4 is 23.2 Å². The summed E-state index contributed by atoms with van der Waals surface area (Å²) in [6.07, 6.45) is 0.886. The lowest BCUT2D eigenvalue weighted by molar-refractivity contribution is -0.143. The fraction of sp³-hybridized carbons (Fsp3) is 0.357. The molecule has 0 bridgehead atoms. The summed E-state index contributed by atoms with van der Waals surface area (Å²) in [5, 5.41) is 2.07. The normalized spacial score (nSPS) is 18.2. The number of rotatable bonds is 7. The Labute approximate surface area is 214 Å². The van der Waals surface area contributed by atoms with Crippen LogP contribution in [0.4, 0.5) is 4.39 Å². The van der Waals surface area contributed by atoms with Crippen LogP contribution in [0.15, 0.2) is 66.0 Å². The van der Waals surface area contributed by atoms with Gasteiger partial charge in [0.1, 0.15) is 12.4 Å². The predicted octanol–water partition coefficient (Wildman–Crippen LogP) is 3.72. The van der Waals surface area contributed by atoms with E-state index in [4.69, 9.17) is 4.74 Å². The number of thiophene rings is 1. The Hall–Kier alpha value is -3.07. The van der Waals surface area contributed by atoms with Gasteiger partial charge in [-0.25, -0.2) is 4.39 Å². The van der Waals surface area contributed by atoms with Crippen LogP contribution in [0.25, 0.3) is 0 Å². The molecule has 6 nitrogen and oxygen atoms in total. The molecule has 2 amide bonds. The van der Waals surface area contributed by atoms with Crippen LogP contribution in [-0.2, 0) is 27.4 Å². The van der Waals surface area contributed by atoms with Gasteiger partial charge in [0.25, 0.3) is 0 Å². The van der Waals surface area contributed by atoms with Crippen molar-refractivity contribution in [2.45, 2.75) is 19.1 Å². The number of amides is 2. The summed E-state index contributed by atoms with van der Waals surface area (Å²) < 4.78 is 19.6. The fourth-order valence-corrected chi connectivity index (χ4v) is 5.91. The van der Waals surface area contributed by atoms with Gasteiger partial charge in [0, 0.05) is 37.6 Å². The summed E-state index contributed by atoms with van der Waals surface area (Å²) in [4.78, 5) is 32.9. The maximum absolute atomic E-state index is 14.0. The van der Waals surface area contributed by atoms with Crippen molar-refractivity contribution in [3.05, 3.63) is 93.4 Å². The highest BCUT2D eigenvalue weighted by Crippen LogP contribution is 2.37. The molecule has 3 heterocycles. The van der Waals surface area contributed by atoms with Crippen molar-refractivity contribution in [1.29, 1.82) is 0 Å². The lowest BCUT2D eigenvalue weighted by atomic mass is 9.93. The van der Waals surface area contributed by atoms with E-state index >= 15 is 0 Å². The van der Waals surface area contributed by atoms with Gasteiger partial charge in [-0.2, -0.15) is 0 Å². The van der Waals surface area contributed by atoms with Gasteiger partial charge in [-0.1, -0.05) is 42.5 Å². The van der Waals surface area contributed by atoms with Gasteiger partial charge in [-0.3, -0.25) is 14.5 Å². The van der Waals surface area contributed by atoms with E-state index in [0.717, 1.165) is 29.7 Å². The number of carbonyl (C=O) groups excluding carboxylic acids is 2. The number of benzene rings is 2. The first-order valence-electron chi connectivity index (χ1n) is 12.3. The van der Waals surface area contributed by atoms with Gasteiger partial charge < -0.3 is 14.5 Å². The van der Waals surface area contributed by atoms with Crippen molar-refractivity contribution in [2.24, 2.45) is 0 Å². The molecule has 0 radical (unpaired) electrons. The van der Waals surface area contributed by atoms with E-state index in [0.29, 0.717) is 32.8 Å². The van der Waals surface area contributed by atoms with E-state index in [1.54, 1.807) is 28.4 Å². The number of hydrogen-bond acceptors (Lipinski definition) is 5. The predicted molar refractivity (Wildman–Crippen MR) is 137 cm³/mol. The van der Waals surface area contributed by atoms with E-state index in [1.165, 1.54) is 10.9 Å². The molecule has 188 valence electrons. The monoisotopic (exact) mass is 507 g/mol. The van der Waals surface area contributed by atoms with Crippen molar-refractivity contribution in [3.63, 3.8) is 0 Å². The van der Waals surface area contributed by atoms with Gasteiger partial charge >= 0.3 is 0 Å². The SMILES string of the molecule is O=C(COCc1ccccc1)N1CCN(C(=O)CN2CCc3sccc3[C@H]2c2cccc(F)c2)CC1. The van der Waals surface area contributed by atoms with Crippen LogP contribution in [0, 0.1) is 5.82 Å². The van der Waals surface area contributed by atoms with E-state index in [2.05, 4.69) is 16.3 Å². The van der Waals surface area contributed by atoms with Crippen molar-refractivity contribution in [2.75, 3.05) is 45.9 Å². The quantitative estimate of drug-likeness (QED) is 0.489. The summed E-state index contributed by atoms with van der Waals surface area (Å²) in [6, 6.07) is 18.4. The van der Waals surface area contributed by atoms with Crippen LogP contribution >= 0.6 is 11.3 Å². The number of fused-ring (bicyclic) bond motifs is 1. The number of ether oxygens (including phenoxy) is 1. The average molecular weight is 508 g/mol. The lowest BCUT2D eigenvalue weighted by Crippen LogP contribution is -2.53. The first kappa shape index (κ1) is 24.6. The third-order valence-corrected chi connectivity index (χ3v) is 7.89. The maximum Gasteiger partial charge on any atom is 0.248 e. The Morgan fingerprint density at radius 2 is 1.67 bits per heavy atom. The molecule has 1 atom stereocenters. The Morgan fingerprint density at radius 1 is 0.917 bits per heavy atom. The number of halogens is 1. The third-order valence-electron chi connectivity index (χ3n) is 6.89. The van der Waals surface area contributed by atoms with Crippen LogP contribution in [0.5, 0.6) is 0 Å². The van der Waals surface area contributed by atoms with Crippen molar-refractivity contribution in [3.8, 4) is 0 Å². The average Bonchev–Trinajstić information content (AvgIpc) is 3.38. The van der Waals surface area contributed by atoms with Gasteiger partial charge in [-0.05, 0) is 46.7 Å². The first-order chi connectivity index (χ1) is 17.6. The minimum Gasteiger partial charge on any atom is -0.367 e. The molecule has 2 aliphatic heterocycles. The zero-order chi connectivity index (χ0) is 24.9. The van der Waals surface area contributed by atoms with Gasteiger partial charge in [-0.15, -0.1) is 11.3 Å². The molecule has 1 saturated heterocycles. The van der Waals surface area contributed by atoms with E-state index in [9.17, 15) is 14.0 Å². The molecule has 36 heavy (non-hydrogen) atoms. The van der Waals surface area contributed by atoms with Crippen LogP contribution in [0.3, 0.4) is 0 Å². The Kier molecular flexibility index (Phi) is 7.75. The fourth-order valence-electron chi connectivity index (χ4n) is 5.01. The smallest absolute Gasteiger partial charge is 0.248 e. The highest BCUT2D eigenvalue weighted by Gasteiger charge is 2.33. The largest absolute Gasteiger partial charge is 0.367 e. The second kappa shape index (κ2) is 11.3. The molecule has 0 spiro atoms. The molecule has 1 fully saturated rings. The van der Waals surface area contributed by atoms with Crippen LogP contribution in [0.2, 0.25) is 0 Å². The molecule has 0 aliphatic carbocycles. The number of nitrogens with zero attached hydrogens (tertiary/aromatic N) is 3. The molecular weight excluding hydrogens is 477 g/mol. The van der Waals surface area contributed by atoms with Gasteiger partial charge in [0.15, 0.2) is 0 Å². The first-order valence-corrected chi connectivity index (χ1v) is 13.2. The second-order valence-corrected chi connectivity index (χ2v) is 10.2. The highest BCUT2D eigenvalue weighted by molar-refractivity contribution is 7.10. The zero-order valence-corrected chi connectivity index (χ0v) is 21.0. The molecule has 0 saturated carbocycles. The zero-order valence-electron chi connectivity index (χ0n) is 20.1. The van der Waals surface area contributed by atoms with Crippen molar-refractivity contribution < 1.29 is 18.7 Å². The number of piperazine rings is 1. The highest BCUT2D eigenvalue weighted by atomic mass is 32.1. The Balaban J connectivity index is 1.15. The Morgan fingerprint density at radius 3 is 2.42 bits per heavy atom. The van der Waals surface area contributed by atoms with E-state index in [-0.39, 0.29) is 36.8 Å². The molecule has 5 rings (SSSR count). The maximum atomic E-state index is 14.0. The molecule has 0 unspecified atom stereocenters. The standard InChI is InChI=1S/C28H30FN3O3S/c29-23-8-4-7-22(17-23)28-24-10-16-36-25(24)9-11-32(28)18-26(33)30-12-14-31(15-13-30)27(34)20-35-19-21-5-2-1-3-6-21/h1-8,10,16-17,28H,9,11-15,18-20H2/t28-/m1/s1. The molecule has 8 heteroatoms. The molecule has 0 N–H and O–H groups in total. The minimum atomic E-state index is -0.269. The van der Waals surface area contributed by atoms with E-state index < -0.39 is 0 Å². The Bertz CT molecular complexity index is 1190. The summed E-state index contributed by atoms with van der Waals surface area (Å²) in [5.74, 6) is -0.276. The van der Waals surface area contributed by atoms with Crippen LogP contribution in [0.1, 0.15) is 27.6 Å².